The highest BCUT2D eigenvalue weighted by atomic mass is 35.5. The Hall–Kier alpha value is -1.67. The maximum Gasteiger partial charge on any atom is 0.142 e. The molecule has 1 fully saturated rings. The Bertz CT molecular complexity index is 579. The van der Waals surface area contributed by atoms with Crippen LogP contribution in [0.15, 0.2) is 48.5 Å². The van der Waals surface area contributed by atoms with Gasteiger partial charge in [-0.25, -0.2) is 0 Å². The molecule has 1 aliphatic carbocycles. The number of anilines is 1. The Morgan fingerprint density at radius 3 is 2.55 bits per heavy atom. The van der Waals surface area contributed by atoms with E-state index in [0.717, 1.165) is 29.3 Å². The number of rotatable bonds is 4. The number of benzene rings is 2. The number of methoxy groups -OCH3 is 1. The van der Waals surface area contributed by atoms with Crippen molar-refractivity contribution in [3.05, 3.63) is 59.1 Å². The van der Waals surface area contributed by atoms with Gasteiger partial charge in [-0.2, -0.15) is 0 Å². The van der Waals surface area contributed by atoms with E-state index in [9.17, 15) is 0 Å². The molecule has 0 aliphatic heterocycles. The molecule has 104 valence electrons. The molecule has 3 rings (SSSR count). The van der Waals surface area contributed by atoms with Gasteiger partial charge in [0.25, 0.3) is 0 Å². The highest BCUT2D eigenvalue weighted by molar-refractivity contribution is 6.30. The van der Waals surface area contributed by atoms with Gasteiger partial charge in [-0.1, -0.05) is 41.9 Å². The predicted molar refractivity (Wildman–Crippen MR) is 83.8 cm³/mol. The van der Waals surface area contributed by atoms with Crippen molar-refractivity contribution in [3.63, 3.8) is 0 Å². The van der Waals surface area contributed by atoms with Crippen LogP contribution in [0.1, 0.15) is 24.3 Å². The molecule has 0 unspecified atom stereocenters. The minimum atomic E-state index is 0.493. The first-order chi connectivity index (χ1) is 9.76. The Morgan fingerprint density at radius 2 is 1.85 bits per heavy atom. The summed E-state index contributed by atoms with van der Waals surface area (Å²) in [6, 6.07) is 16.9. The van der Waals surface area contributed by atoms with Crippen LogP contribution >= 0.6 is 11.6 Å². The summed E-state index contributed by atoms with van der Waals surface area (Å²) < 4.78 is 5.36. The van der Waals surface area contributed by atoms with Crippen molar-refractivity contribution in [1.29, 1.82) is 0 Å². The average Bonchev–Trinajstić information content (AvgIpc) is 2.43. The van der Waals surface area contributed by atoms with E-state index in [0.29, 0.717) is 12.0 Å². The molecule has 3 heteroatoms. The minimum absolute atomic E-state index is 0.493. The smallest absolute Gasteiger partial charge is 0.142 e. The van der Waals surface area contributed by atoms with Crippen molar-refractivity contribution < 1.29 is 4.74 Å². The van der Waals surface area contributed by atoms with Crippen LogP contribution in [0, 0.1) is 0 Å². The number of hydrogen-bond donors (Lipinski definition) is 1. The summed E-state index contributed by atoms with van der Waals surface area (Å²) in [5.74, 6) is 1.51. The van der Waals surface area contributed by atoms with Crippen LogP contribution in [0.2, 0.25) is 5.02 Å². The first-order valence-corrected chi connectivity index (χ1v) is 7.29. The van der Waals surface area contributed by atoms with Gasteiger partial charge >= 0.3 is 0 Å². The molecule has 0 spiro atoms. The summed E-state index contributed by atoms with van der Waals surface area (Å²) in [5, 5.41) is 4.26. The van der Waals surface area contributed by atoms with Gasteiger partial charge in [0, 0.05) is 11.1 Å². The molecule has 0 heterocycles. The molecule has 1 N–H and O–H groups in total. The van der Waals surface area contributed by atoms with E-state index in [1.54, 1.807) is 7.11 Å². The molecular weight excluding hydrogens is 270 g/mol. The van der Waals surface area contributed by atoms with Gasteiger partial charge in [-0.05, 0) is 42.5 Å². The van der Waals surface area contributed by atoms with Crippen molar-refractivity contribution in [3.8, 4) is 5.75 Å². The predicted octanol–water partition coefficient (Wildman–Crippen LogP) is 4.71. The molecule has 0 atom stereocenters. The highest BCUT2D eigenvalue weighted by Crippen LogP contribution is 2.40. The van der Waals surface area contributed by atoms with Crippen LogP contribution in [-0.4, -0.2) is 13.2 Å². The van der Waals surface area contributed by atoms with E-state index in [1.807, 2.05) is 18.2 Å². The molecule has 2 nitrogen and oxygen atoms in total. The Labute approximate surface area is 124 Å². The molecule has 1 saturated carbocycles. The summed E-state index contributed by atoms with van der Waals surface area (Å²) >= 11 is 6.05. The van der Waals surface area contributed by atoms with Crippen molar-refractivity contribution >= 4 is 17.3 Å². The van der Waals surface area contributed by atoms with Crippen LogP contribution < -0.4 is 10.1 Å². The fourth-order valence-electron chi connectivity index (χ4n) is 2.75. The quantitative estimate of drug-likeness (QED) is 0.879. The van der Waals surface area contributed by atoms with Crippen molar-refractivity contribution in [2.45, 2.75) is 24.8 Å². The zero-order valence-corrected chi connectivity index (χ0v) is 12.2. The van der Waals surface area contributed by atoms with Crippen LogP contribution in [0.4, 0.5) is 5.69 Å². The largest absolute Gasteiger partial charge is 0.495 e. The normalized spacial score (nSPS) is 21.1. The van der Waals surface area contributed by atoms with Crippen molar-refractivity contribution in [1.82, 2.24) is 0 Å². The van der Waals surface area contributed by atoms with Crippen LogP contribution in [0.3, 0.4) is 0 Å². The van der Waals surface area contributed by atoms with Crippen LogP contribution in [0.25, 0.3) is 0 Å². The highest BCUT2D eigenvalue weighted by Gasteiger charge is 2.30. The van der Waals surface area contributed by atoms with E-state index >= 15 is 0 Å². The van der Waals surface area contributed by atoms with Crippen LogP contribution in [0.5, 0.6) is 5.75 Å². The summed E-state index contributed by atoms with van der Waals surface area (Å²) in [5.41, 5.74) is 2.42. The first-order valence-electron chi connectivity index (χ1n) is 6.91. The zero-order chi connectivity index (χ0) is 13.9. The molecule has 0 radical (unpaired) electrons. The lowest BCUT2D eigenvalue weighted by Gasteiger charge is -2.37. The van der Waals surface area contributed by atoms with Gasteiger partial charge < -0.3 is 10.1 Å². The summed E-state index contributed by atoms with van der Waals surface area (Å²) in [7, 11) is 1.68. The van der Waals surface area contributed by atoms with E-state index < -0.39 is 0 Å². The third-order valence-corrected chi connectivity index (χ3v) is 4.17. The molecule has 0 bridgehead atoms. The lowest BCUT2D eigenvalue weighted by atomic mass is 9.76. The third-order valence-electron chi connectivity index (χ3n) is 3.93. The second-order valence-electron chi connectivity index (χ2n) is 5.26. The van der Waals surface area contributed by atoms with E-state index in [-0.39, 0.29) is 0 Å². The van der Waals surface area contributed by atoms with Gasteiger partial charge in [0.15, 0.2) is 0 Å². The maximum atomic E-state index is 6.05. The summed E-state index contributed by atoms with van der Waals surface area (Å²) in [6.07, 6.45) is 2.30. The maximum absolute atomic E-state index is 6.05. The average molecular weight is 288 g/mol. The Morgan fingerprint density at radius 1 is 1.10 bits per heavy atom. The summed E-state index contributed by atoms with van der Waals surface area (Å²) in [4.78, 5) is 0. The standard InChI is InChI=1S/C17H18ClNO/c1-20-17-8-7-14(18)11-16(17)19-15-9-13(10-15)12-5-3-2-4-6-12/h2-8,11,13,15,19H,9-10H2,1H3. The van der Waals surface area contributed by atoms with Gasteiger partial charge in [0.1, 0.15) is 5.75 Å². The molecule has 0 aromatic heterocycles. The van der Waals surface area contributed by atoms with Crippen molar-refractivity contribution in [2.75, 3.05) is 12.4 Å². The zero-order valence-electron chi connectivity index (χ0n) is 11.5. The SMILES string of the molecule is COc1ccc(Cl)cc1NC1CC(c2ccccc2)C1. The topological polar surface area (TPSA) is 21.3 Å². The fourth-order valence-corrected chi connectivity index (χ4v) is 2.92. The monoisotopic (exact) mass is 287 g/mol. The summed E-state index contributed by atoms with van der Waals surface area (Å²) in [6.45, 7) is 0. The van der Waals surface area contributed by atoms with Crippen LogP contribution in [-0.2, 0) is 0 Å². The molecule has 2 aromatic rings. The molecule has 1 aliphatic rings. The first kappa shape index (κ1) is 13.3. The van der Waals surface area contributed by atoms with Crippen molar-refractivity contribution in [2.24, 2.45) is 0 Å². The van der Waals surface area contributed by atoms with Gasteiger partial charge in [0.05, 0.1) is 12.8 Å². The molecule has 2 aromatic carbocycles. The van der Waals surface area contributed by atoms with Gasteiger partial charge in [-0.15, -0.1) is 0 Å². The third kappa shape index (κ3) is 2.75. The fraction of sp³-hybridized carbons (Fsp3) is 0.294. The molecule has 0 saturated heterocycles. The second kappa shape index (κ2) is 5.76. The number of halogens is 1. The number of ether oxygens (including phenoxy) is 1. The van der Waals surface area contributed by atoms with E-state index in [2.05, 4.69) is 35.6 Å². The van der Waals surface area contributed by atoms with Gasteiger partial charge in [-0.3, -0.25) is 0 Å². The lowest BCUT2D eigenvalue weighted by Crippen LogP contribution is -2.34. The minimum Gasteiger partial charge on any atom is -0.495 e. The molecule has 0 amide bonds. The number of hydrogen-bond acceptors (Lipinski definition) is 2. The number of nitrogens with one attached hydrogen (secondary N) is 1. The van der Waals surface area contributed by atoms with Gasteiger partial charge in [0.2, 0.25) is 0 Å². The Kier molecular flexibility index (Phi) is 3.83. The van der Waals surface area contributed by atoms with E-state index in [1.165, 1.54) is 5.56 Å². The lowest BCUT2D eigenvalue weighted by molar-refractivity contribution is 0.370. The van der Waals surface area contributed by atoms with E-state index in [4.69, 9.17) is 16.3 Å². The molecule has 20 heavy (non-hydrogen) atoms. The second-order valence-corrected chi connectivity index (χ2v) is 5.70. The Balaban J connectivity index is 1.63. The molecular formula is C17H18ClNO.